The van der Waals surface area contributed by atoms with Gasteiger partial charge in [0.25, 0.3) is 5.91 Å². The summed E-state index contributed by atoms with van der Waals surface area (Å²) >= 11 is 1.47. The summed E-state index contributed by atoms with van der Waals surface area (Å²) in [6.07, 6.45) is 3.51. The first-order valence-corrected chi connectivity index (χ1v) is 8.40. The van der Waals surface area contributed by atoms with Gasteiger partial charge in [0.05, 0.1) is 11.4 Å². The van der Waals surface area contributed by atoms with E-state index in [4.69, 9.17) is 0 Å². The van der Waals surface area contributed by atoms with Gasteiger partial charge in [0.1, 0.15) is 0 Å². The van der Waals surface area contributed by atoms with Crippen LogP contribution in [0.25, 0.3) is 0 Å². The number of imidazole rings is 1. The molecule has 23 heavy (non-hydrogen) atoms. The zero-order chi connectivity index (χ0) is 16.4. The van der Waals surface area contributed by atoms with Crippen molar-refractivity contribution in [3.63, 3.8) is 0 Å². The van der Waals surface area contributed by atoms with Crippen molar-refractivity contribution in [3.05, 3.63) is 36.2 Å². The molecule has 0 saturated heterocycles. The second-order valence-electron chi connectivity index (χ2n) is 5.80. The third-order valence-electron chi connectivity index (χ3n) is 3.38. The van der Waals surface area contributed by atoms with Crippen molar-refractivity contribution in [2.24, 2.45) is 5.92 Å². The van der Waals surface area contributed by atoms with E-state index in [0.29, 0.717) is 28.9 Å². The third-order valence-corrected chi connectivity index (χ3v) is 4.45. The Kier molecular flexibility index (Phi) is 4.38. The highest BCUT2D eigenvalue weighted by molar-refractivity contribution is 8.00. The highest BCUT2D eigenvalue weighted by Gasteiger charge is 2.18. The number of carbonyl (C=O) groups is 2. The fourth-order valence-corrected chi connectivity index (χ4v) is 3.16. The van der Waals surface area contributed by atoms with Crippen molar-refractivity contribution in [2.75, 3.05) is 16.4 Å². The van der Waals surface area contributed by atoms with Crippen LogP contribution in [0.1, 0.15) is 24.2 Å². The van der Waals surface area contributed by atoms with Gasteiger partial charge in [0.2, 0.25) is 11.9 Å². The molecule has 2 heterocycles. The minimum atomic E-state index is -0.242. The zero-order valence-corrected chi connectivity index (χ0v) is 13.8. The standard InChI is InChI=1S/C16H18N4O2S/c1-10(2)8-20-6-5-17-16(20)19-15(22)11-3-4-13-12(7-11)18-14(21)9-23-13/h3-7,10H,8-9H2,1-2H3,(H,18,21)(H,17,19,22). The molecule has 0 unspecified atom stereocenters. The lowest BCUT2D eigenvalue weighted by Crippen LogP contribution is -2.20. The zero-order valence-electron chi connectivity index (χ0n) is 13.0. The number of carbonyl (C=O) groups excluding carboxylic acids is 2. The van der Waals surface area contributed by atoms with E-state index in [1.807, 2.05) is 16.8 Å². The average molecular weight is 330 g/mol. The topological polar surface area (TPSA) is 76.0 Å². The molecule has 0 fully saturated rings. The van der Waals surface area contributed by atoms with Crippen LogP contribution in [0.2, 0.25) is 0 Å². The maximum Gasteiger partial charge on any atom is 0.258 e. The molecule has 120 valence electrons. The molecular formula is C16H18N4O2S. The van der Waals surface area contributed by atoms with E-state index in [0.717, 1.165) is 11.4 Å². The van der Waals surface area contributed by atoms with Crippen molar-refractivity contribution in [1.29, 1.82) is 0 Å². The Morgan fingerprint density at radius 1 is 1.48 bits per heavy atom. The number of amides is 2. The summed E-state index contributed by atoms with van der Waals surface area (Å²) in [6.45, 7) is 5.00. The van der Waals surface area contributed by atoms with Crippen LogP contribution >= 0.6 is 11.8 Å². The summed E-state index contributed by atoms with van der Waals surface area (Å²) in [6, 6.07) is 5.31. The Morgan fingerprint density at radius 2 is 2.30 bits per heavy atom. The summed E-state index contributed by atoms with van der Waals surface area (Å²) in [5, 5.41) is 5.61. The van der Waals surface area contributed by atoms with Gasteiger partial charge < -0.3 is 9.88 Å². The van der Waals surface area contributed by atoms with E-state index in [1.165, 1.54) is 11.8 Å². The molecule has 0 aliphatic carbocycles. The van der Waals surface area contributed by atoms with Gasteiger partial charge in [0.15, 0.2) is 0 Å². The first-order chi connectivity index (χ1) is 11.0. The molecule has 6 nitrogen and oxygen atoms in total. The predicted octanol–water partition coefficient (Wildman–Crippen LogP) is 2.84. The van der Waals surface area contributed by atoms with Gasteiger partial charge in [-0.2, -0.15) is 0 Å². The van der Waals surface area contributed by atoms with Crippen molar-refractivity contribution >= 4 is 35.2 Å². The number of hydrogen-bond donors (Lipinski definition) is 2. The van der Waals surface area contributed by atoms with E-state index >= 15 is 0 Å². The summed E-state index contributed by atoms with van der Waals surface area (Å²) in [7, 11) is 0. The van der Waals surface area contributed by atoms with Crippen molar-refractivity contribution < 1.29 is 9.59 Å². The lowest BCUT2D eigenvalue weighted by atomic mass is 10.2. The molecule has 1 aromatic carbocycles. The van der Waals surface area contributed by atoms with Gasteiger partial charge in [-0.25, -0.2) is 4.98 Å². The van der Waals surface area contributed by atoms with Crippen LogP contribution < -0.4 is 10.6 Å². The third kappa shape index (κ3) is 3.56. The van der Waals surface area contributed by atoms with Crippen LogP contribution in [0.15, 0.2) is 35.5 Å². The average Bonchev–Trinajstić information content (AvgIpc) is 2.92. The molecule has 1 aliphatic rings. The van der Waals surface area contributed by atoms with Gasteiger partial charge >= 0.3 is 0 Å². The number of fused-ring (bicyclic) bond motifs is 1. The second kappa shape index (κ2) is 6.45. The number of hydrogen-bond acceptors (Lipinski definition) is 4. The van der Waals surface area contributed by atoms with E-state index in [1.54, 1.807) is 18.3 Å². The Bertz CT molecular complexity index is 754. The van der Waals surface area contributed by atoms with Gasteiger partial charge in [-0.3, -0.25) is 14.9 Å². The lowest BCUT2D eigenvalue weighted by Gasteiger charge is -2.17. The molecular weight excluding hydrogens is 312 g/mol. The molecule has 0 saturated carbocycles. The first kappa shape index (κ1) is 15.6. The van der Waals surface area contributed by atoms with Gasteiger partial charge in [-0.1, -0.05) is 13.8 Å². The van der Waals surface area contributed by atoms with Gasteiger partial charge in [-0.15, -0.1) is 11.8 Å². The van der Waals surface area contributed by atoms with Crippen molar-refractivity contribution in [3.8, 4) is 0 Å². The molecule has 2 N–H and O–H groups in total. The molecule has 1 aliphatic heterocycles. The number of nitrogens with zero attached hydrogens (tertiary/aromatic N) is 2. The Labute approximate surface area is 138 Å². The number of rotatable bonds is 4. The normalized spacial score (nSPS) is 13.6. The fraction of sp³-hybridized carbons (Fsp3) is 0.312. The molecule has 3 rings (SSSR count). The molecule has 0 spiro atoms. The summed E-state index contributed by atoms with van der Waals surface area (Å²) in [5.74, 6) is 1.10. The Morgan fingerprint density at radius 3 is 3.09 bits per heavy atom. The SMILES string of the molecule is CC(C)Cn1ccnc1NC(=O)c1ccc2c(c1)NC(=O)CS2. The second-order valence-corrected chi connectivity index (χ2v) is 6.82. The highest BCUT2D eigenvalue weighted by atomic mass is 32.2. The highest BCUT2D eigenvalue weighted by Crippen LogP contribution is 2.32. The van der Waals surface area contributed by atoms with E-state index in [2.05, 4.69) is 29.5 Å². The minimum Gasteiger partial charge on any atom is -0.324 e. The number of nitrogens with one attached hydrogen (secondary N) is 2. The summed E-state index contributed by atoms with van der Waals surface area (Å²) < 4.78 is 1.92. The Balaban J connectivity index is 1.78. The van der Waals surface area contributed by atoms with E-state index in [-0.39, 0.29) is 11.8 Å². The van der Waals surface area contributed by atoms with Crippen LogP contribution in [0.4, 0.5) is 11.6 Å². The summed E-state index contributed by atoms with van der Waals surface area (Å²) in [5.41, 5.74) is 1.18. The maximum absolute atomic E-state index is 12.4. The minimum absolute atomic E-state index is 0.0486. The van der Waals surface area contributed by atoms with Crippen LogP contribution in [0.3, 0.4) is 0 Å². The van der Waals surface area contributed by atoms with E-state index < -0.39 is 0 Å². The molecule has 2 aromatic rings. The lowest BCUT2D eigenvalue weighted by molar-refractivity contribution is -0.113. The molecule has 2 amide bonds. The van der Waals surface area contributed by atoms with Crippen LogP contribution in [0.5, 0.6) is 0 Å². The number of aromatic nitrogens is 2. The van der Waals surface area contributed by atoms with Crippen LogP contribution in [-0.2, 0) is 11.3 Å². The largest absolute Gasteiger partial charge is 0.324 e. The van der Waals surface area contributed by atoms with Crippen molar-refractivity contribution in [1.82, 2.24) is 9.55 Å². The Hall–Kier alpha value is -2.28. The summed E-state index contributed by atoms with van der Waals surface area (Å²) in [4.78, 5) is 29.1. The molecule has 1 aromatic heterocycles. The number of thioether (sulfide) groups is 1. The number of anilines is 2. The first-order valence-electron chi connectivity index (χ1n) is 7.42. The number of benzene rings is 1. The molecule has 0 radical (unpaired) electrons. The van der Waals surface area contributed by atoms with Crippen LogP contribution in [-0.4, -0.2) is 27.1 Å². The molecule has 0 atom stereocenters. The maximum atomic E-state index is 12.4. The molecule has 7 heteroatoms. The van der Waals surface area contributed by atoms with Gasteiger partial charge in [-0.05, 0) is 24.1 Å². The van der Waals surface area contributed by atoms with Crippen LogP contribution in [0, 0.1) is 5.92 Å². The predicted molar refractivity (Wildman–Crippen MR) is 90.8 cm³/mol. The smallest absolute Gasteiger partial charge is 0.258 e. The fourth-order valence-electron chi connectivity index (χ4n) is 2.37. The van der Waals surface area contributed by atoms with Gasteiger partial charge in [0, 0.05) is 29.4 Å². The van der Waals surface area contributed by atoms with E-state index in [9.17, 15) is 9.59 Å². The molecule has 0 bridgehead atoms. The monoisotopic (exact) mass is 330 g/mol. The van der Waals surface area contributed by atoms with Crippen molar-refractivity contribution in [2.45, 2.75) is 25.3 Å². The quantitative estimate of drug-likeness (QED) is 0.904.